The summed E-state index contributed by atoms with van der Waals surface area (Å²) in [5.74, 6) is -2.21. The summed E-state index contributed by atoms with van der Waals surface area (Å²) < 4.78 is 68.3. The summed E-state index contributed by atoms with van der Waals surface area (Å²) in [5, 5.41) is 10.6. The third kappa shape index (κ3) is 68.5. The number of carbonyl (C=O) groups excluding carboxylic acids is 4. The van der Waals surface area contributed by atoms with E-state index in [1.54, 1.807) is 0 Å². The minimum atomic E-state index is -4.97. The molecule has 96 heavy (non-hydrogen) atoms. The highest BCUT2D eigenvalue weighted by atomic mass is 31.2. The van der Waals surface area contributed by atoms with Crippen molar-refractivity contribution in [2.75, 3.05) is 39.6 Å². The van der Waals surface area contributed by atoms with Gasteiger partial charge in [-0.3, -0.25) is 37.3 Å². The number of phosphoric ester groups is 2. The van der Waals surface area contributed by atoms with Gasteiger partial charge in [0.2, 0.25) is 0 Å². The molecule has 0 bridgehead atoms. The van der Waals surface area contributed by atoms with Crippen LogP contribution in [0.5, 0.6) is 0 Å². The van der Waals surface area contributed by atoms with Crippen LogP contribution < -0.4 is 0 Å². The van der Waals surface area contributed by atoms with E-state index in [0.717, 1.165) is 193 Å². The number of carbonyl (C=O) groups is 4. The van der Waals surface area contributed by atoms with E-state index in [0.29, 0.717) is 25.7 Å². The molecule has 554 valence electrons. The van der Waals surface area contributed by atoms with E-state index < -0.39 is 97.5 Å². The average molecular weight is 1390 g/mol. The minimum absolute atomic E-state index is 0.0761. The van der Waals surface area contributed by atoms with Crippen LogP contribution in [-0.4, -0.2) is 96.7 Å². The summed E-state index contributed by atoms with van der Waals surface area (Å²) in [7, 11) is -9.95. The molecule has 0 aromatic carbocycles. The second kappa shape index (κ2) is 69.5. The molecule has 0 saturated heterocycles. The van der Waals surface area contributed by atoms with Crippen molar-refractivity contribution in [3.63, 3.8) is 0 Å². The van der Waals surface area contributed by atoms with Crippen LogP contribution in [0.3, 0.4) is 0 Å². The Hall–Kier alpha value is -4.02. The van der Waals surface area contributed by atoms with Gasteiger partial charge >= 0.3 is 39.5 Å². The predicted molar refractivity (Wildman–Crippen MR) is 390 cm³/mol. The molecule has 5 unspecified atom stereocenters. The Kier molecular flexibility index (Phi) is 66.6. The zero-order valence-corrected chi connectivity index (χ0v) is 62.1. The molecule has 5 atom stereocenters. The van der Waals surface area contributed by atoms with Crippen molar-refractivity contribution in [1.82, 2.24) is 0 Å². The Balaban J connectivity index is 5.31. The van der Waals surface area contributed by atoms with Crippen LogP contribution in [0.15, 0.2) is 97.2 Å². The highest BCUT2D eigenvalue weighted by Crippen LogP contribution is 2.45. The third-order valence-electron chi connectivity index (χ3n) is 15.5. The quantitative estimate of drug-likeness (QED) is 0.0169. The molecular weight excluding hydrogens is 1260 g/mol. The van der Waals surface area contributed by atoms with Crippen LogP contribution >= 0.6 is 15.6 Å². The van der Waals surface area contributed by atoms with Gasteiger partial charge in [-0.15, -0.1) is 0 Å². The molecule has 19 heteroatoms. The molecule has 0 rings (SSSR count). The molecule has 17 nitrogen and oxygen atoms in total. The van der Waals surface area contributed by atoms with Gasteiger partial charge in [0, 0.05) is 25.7 Å². The maximum Gasteiger partial charge on any atom is 0.472 e. The van der Waals surface area contributed by atoms with Crippen LogP contribution in [-0.2, 0) is 65.4 Å². The van der Waals surface area contributed by atoms with Crippen molar-refractivity contribution in [2.24, 2.45) is 0 Å². The molecule has 0 fully saturated rings. The Bertz CT molecular complexity index is 2200. The lowest BCUT2D eigenvalue weighted by molar-refractivity contribution is -0.161. The summed E-state index contributed by atoms with van der Waals surface area (Å²) in [6, 6.07) is 0. The van der Waals surface area contributed by atoms with Crippen LogP contribution in [0.2, 0.25) is 0 Å². The Morgan fingerprint density at radius 2 is 0.562 bits per heavy atom. The van der Waals surface area contributed by atoms with Gasteiger partial charge in [0.15, 0.2) is 12.2 Å². The van der Waals surface area contributed by atoms with Gasteiger partial charge < -0.3 is 33.8 Å². The summed E-state index contributed by atoms with van der Waals surface area (Å²) in [6.07, 6.45) is 71.2. The summed E-state index contributed by atoms with van der Waals surface area (Å²) in [5.41, 5.74) is 0. The fraction of sp³-hybridized carbons (Fsp3) is 0.740. The van der Waals surface area contributed by atoms with Gasteiger partial charge in [0.05, 0.1) is 26.4 Å². The lowest BCUT2D eigenvalue weighted by atomic mass is 10.1. The smallest absolute Gasteiger partial charge is 0.462 e. The first-order valence-corrected chi connectivity index (χ1v) is 40.5. The van der Waals surface area contributed by atoms with Gasteiger partial charge in [-0.2, -0.15) is 0 Å². The Labute approximate surface area is 582 Å². The first kappa shape index (κ1) is 92.0. The molecule has 3 N–H and O–H groups in total. The number of rotatable bonds is 70. The standard InChI is InChI=1S/C77H134O17P2/c1-5-9-13-17-21-25-29-32-33-34-35-36-37-40-43-46-50-54-58-62-75(80)88-67-72(93-76(81)63-59-55-51-47-41-28-24-20-16-12-8-4)69-91-95(83,84)89-65-71(78)66-90-96(85,86)92-70-73(94-77(82)64-60-56-52-48-44-39-31-27-23-19-15-11-7-3)68-87-74(79)61-57-53-49-45-42-38-30-26-22-18-14-10-6-2/h9,13-15,18-19,21,25-27,30-33,35-36,71-73,78H,5-8,10-12,16-17,20,22-24,28-29,34,37-70H2,1-4H3,(H,83,84)(H,85,86)/b13-9-,18-14-,19-15-,25-21-,30-26-,31-27-,33-32-,36-35-. The number of aliphatic hydroxyl groups excluding tert-OH is 1. The normalized spacial score (nSPS) is 14.5. The van der Waals surface area contributed by atoms with Crippen LogP contribution in [0.25, 0.3) is 0 Å². The zero-order valence-electron chi connectivity index (χ0n) is 60.3. The molecule has 0 aliphatic heterocycles. The van der Waals surface area contributed by atoms with Gasteiger partial charge in [0.1, 0.15) is 19.3 Å². The largest absolute Gasteiger partial charge is 0.472 e. The van der Waals surface area contributed by atoms with Crippen molar-refractivity contribution < 1.29 is 80.2 Å². The van der Waals surface area contributed by atoms with Crippen LogP contribution in [0.4, 0.5) is 0 Å². The number of esters is 4. The maximum absolute atomic E-state index is 13.1. The molecular formula is C77H134O17P2. The third-order valence-corrected chi connectivity index (χ3v) is 17.4. The van der Waals surface area contributed by atoms with Crippen LogP contribution in [0, 0.1) is 0 Å². The number of unbranched alkanes of at least 4 members (excludes halogenated alkanes) is 28. The van der Waals surface area contributed by atoms with Crippen molar-refractivity contribution in [3.05, 3.63) is 97.2 Å². The van der Waals surface area contributed by atoms with Crippen molar-refractivity contribution in [1.29, 1.82) is 0 Å². The van der Waals surface area contributed by atoms with E-state index in [-0.39, 0.29) is 25.7 Å². The van der Waals surface area contributed by atoms with Crippen molar-refractivity contribution >= 4 is 39.5 Å². The molecule has 0 spiro atoms. The molecule has 0 amide bonds. The summed E-state index contributed by atoms with van der Waals surface area (Å²) in [4.78, 5) is 72.7. The SMILES string of the molecule is CC/C=C\C/C=C\C/C=C\C/C=C\CCCCCCCCC(=O)OCC(COP(=O)(O)OCC(O)COP(=O)(O)OCC(COC(=O)CCCCCCC/C=C\C/C=C\CCC)OC(=O)CCCCCCC/C=C\C/C=C\CCC)OC(=O)CCCCCCCCCCCCC. The first-order valence-electron chi connectivity index (χ1n) is 37.5. The van der Waals surface area contributed by atoms with E-state index in [1.165, 1.54) is 38.5 Å². The molecule has 0 radical (unpaired) electrons. The number of allylic oxidation sites excluding steroid dienone is 16. The summed E-state index contributed by atoms with van der Waals surface area (Å²) in [6.45, 7) is 4.59. The lowest BCUT2D eigenvalue weighted by Crippen LogP contribution is -2.30. The van der Waals surface area contributed by atoms with E-state index >= 15 is 0 Å². The summed E-state index contributed by atoms with van der Waals surface area (Å²) >= 11 is 0. The number of aliphatic hydroxyl groups is 1. The molecule has 0 aromatic rings. The minimum Gasteiger partial charge on any atom is -0.462 e. The Morgan fingerprint density at radius 3 is 0.875 bits per heavy atom. The lowest BCUT2D eigenvalue weighted by Gasteiger charge is -2.21. The highest BCUT2D eigenvalue weighted by molar-refractivity contribution is 7.47. The van der Waals surface area contributed by atoms with Crippen molar-refractivity contribution in [2.45, 2.75) is 329 Å². The van der Waals surface area contributed by atoms with E-state index in [1.807, 2.05) is 0 Å². The second-order valence-electron chi connectivity index (χ2n) is 24.9. The zero-order chi connectivity index (χ0) is 70.4. The topological polar surface area (TPSA) is 237 Å². The Morgan fingerprint density at radius 1 is 0.302 bits per heavy atom. The molecule has 0 aromatic heterocycles. The number of phosphoric acid groups is 2. The predicted octanol–water partition coefficient (Wildman–Crippen LogP) is 21.2. The van der Waals surface area contributed by atoms with Gasteiger partial charge in [-0.25, -0.2) is 9.13 Å². The van der Waals surface area contributed by atoms with E-state index in [9.17, 15) is 43.2 Å². The van der Waals surface area contributed by atoms with E-state index in [2.05, 4.69) is 125 Å². The average Bonchev–Trinajstić information content (AvgIpc) is 1.11. The van der Waals surface area contributed by atoms with Gasteiger partial charge in [-0.1, -0.05) is 266 Å². The number of hydrogen-bond donors (Lipinski definition) is 3. The van der Waals surface area contributed by atoms with Gasteiger partial charge in [-0.05, 0) is 116 Å². The highest BCUT2D eigenvalue weighted by Gasteiger charge is 2.30. The maximum atomic E-state index is 13.1. The number of hydrogen-bond acceptors (Lipinski definition) is 15. The van der Waals surface area contributed by atoms with Gasteiger partial charge in [0.25, 0.3) is 0 Å². The second-order valence-corrected chi connectivity index (χ2v) is 27.8. The van der Waals surface area contributed by atoms with Crippen LogP contribution in [0.1, 0.15) is 310 Å². The van der Waals surface area contributed by atoms with E-state index in [4.69, 9.17) is 37.0 Å². The fourth-order valence-electron chi connectivity index (χ4n) is 9.82. The van der Waals surface area contributed by atoms with Crippen molar-refractivity contribution in [3.8, 4) is 0 Å². The molecule has 0 aliphatic carbocycles. The molecule has 0 aliphatic rings. The first-order chi connectivity index (χ1) is 46.7. The number of ether oxygens (including phenoxy) is 4. The molecule has 0 heterocycles. The molecule has 0 saturated carbocycles. The monoisotopic (exact) mass is 1390 g/mol. The fourth-order valence-corrected chi connectivity index (χ4v) is 11.4.